The third kappa shape index (κ3) is 4.60. The van der Waals surface area contributed by atoms with Gasteiger partial charge in [-0.25, -0.2) is 4.68 Å². The molecule has 0 unspecified atom stereocenters. The van der Waals surface area contributed by atoms with E-state index >= 15 is 0 Å². The van der Waals surface area contributed by atoms with Crippen molar-refractivity contribution in [1.82, 2.24) is 20.0 Å². The average molecular weight is 393 g/mol. The molecule has 0 bridgehead atoms. The van der Waals surface area contributed by atoms with Crippen LogP contribution in [0.4, 0.5) is 5.69 Å². The second-order valence-corrected chi connectivity index (χ2v) is 7.07. The second-order valence-electron chi connectivity index (χ2n) is 7.07. The van der Waals surface area contributed by atoms with Gasteiger partial charge in [-0.05, 0) is 63.1 Å². The molecule has 3 heterocycles. The first kappa shape index (κ1) is 19.1. The Hall–Kier alpha value is -3.26. The Bertz CT molecular complexity index is 977. The average Bonchev–Trinajstić information content (AvgIpc) is 3.08. The maximum Gasteiger partial charge on any atom is 0.238 e. The molecule has 1 aliphatic heterocycles. The van der Waals surface area contributed by atoms with Gasteiger partial charge in [0, 0.05) is 36.6 Å². The van der Waals surface area contributed by atoms with E-state index in [0.717, 1.165) is 29.9 Å². The molecule has 4 rings (SSSR count). The molecule has 8 nitrogen and oxygen atoms in total. The van der Waals surface area contributed by atoms with Crippen LogP contribution in [0.1, 0.15) is 24.2 Å². The second kappa shape index (κ2) is 8.40. The molecule has 8 heteroatoms. The molecule has 1 aliphatic rings. The lowest BCUT2D eigenvalue weighted by Crippen LogP contribution is -2.28. The number of aryl methyl sites for hydroxylation is 2. The van der Waals surface area contributed by atoms with Crippen molar-refractivity contribution in [2.45, 2.75) is 26.7 Å². The van der Waals surface area contributed by atoms with E-state index in [-0.39, 0.29) is 11.8 Å². The Balaban J connectivity index is 1.37. The SMILES string of the molecule is Cc1cc(C)n(-c2ccc(Oc3ccc(NC(=O)C4CCOCC4)cc3)nn2)n1. The molecule has 2 aromatic heterocycles. The summed E-state index contributed by atoms with van der Waals surface area (Å²) in [7, 11) is 0. The first-order valence-electron chi connectivity index (χ1n) is 9.62. The molecule has 1 fully saturated rings. The first-order chi connectivity index (χ1) is 14.1. The van der Waals surface area contributed by atoms with Crippen molar-refractivity contribution in [3.05, 3.63) is 53.9 Å². The van der Waals surface area contributed by atoms with Crippen LogP contribution in [-0.4, -0.2) is 39.1 Å². The summed E-state index contributed by atoms with van der Waals surface area (Å²) in [5, 5.41) is 15.6. The van der Waals surface area contributed by atoms with Crippen LogP contribution < -0.4 is 10.1 Å². The van der Waals surface area contributed by atoms with Crippen molar-refractivity contribution >= 4 is 11.6 Å². The van der Waals surface area contributed by atoms with Gasteiger partial charge in [-0.3, -0.25) is 4.79 Å². The highest BCUT2D eigenvalue weighted by Crippen LogP contribution is 2.23. The third-order valence-electron chi connectivity index (χ3n) is 4.79. The Kier molecular flexibility index (Phi) is 5.53. The number of hydrogen-bond donors (Lipinski definition) is 1. The number of benzene rings is 1. The molecule has 1 N–H and O–H groups in total. The van der Waals surface area contributed by atoms with Crippen LogP contribution in [0.5, 0.6) is 11.6 Å². The highest BCUT2D eigenvalue weighted by Gasteiger charge is 2.21. The van der Waals surface area contributed by atoms with Gasteiger partial charge in [0.1, 0.15) is 5.75 Å². The summed E-state index contributed by atoms with van der Waals surface area (Å²) in [5.41, 5.74) is 2.65. The smallest absolute Gasteiger partial charge is 0.238 e. The van der Waals surface area contributed by atoms with E-state index in [2.05, 4.69) is 20.6 Å². The fraction of sp³-hybridized carbons (Fsp3) is 0.333. The molecule has 0 radical (unpaired) electrons. The van der Waals surface area contributed by atoms with Crippen LogP contribution in [0.3, 0.4) is 0 Å². The van der Waals surface area contributed by atoms with Gasteiger partial charge in [-0.15, -0.1) is 10.2 Å². The van der Waals surface area contributed by atoms with Crippen LogP contribution in [0.2, 0.25) is 0 Å². The maximum absolute atomic E-state index is 12.3. The fourth-order valence-electron chi connectivity index (χ4n) is 3.27. The monoisotopic (exact) mass is 393 g/mol. The standard InChI is InChI=1S/C21H23N5O3/c1-14-13-15(2)26(25-14)19-7-8-20(24-23-19)29-18-5-3-17(4-6-18)22-21(27)16-9-11-28-12-10-16/h3-8,13,16H,9-12H2,1-2H3,(H,22,27). The van der Waals surface area contributed by atoms with Crippen LogP contribution in [0.15, 0.2) is 42.5 Å². The van der Waals surface area contributed by atoms with Gasteiger partial charge in [0.2, 0.25) is 11.8 Å². The highest BCUT2D eigenvalue weighted by molar-refractivity contribution is 5.92. The number of rotatable bonds is 5. The third-order valence-corrected chi connectivity index (χ3v) is 4.79. The summed E-state index contributed by atoms with van der Waals surface area (Å²) < 4.78 is 12.8. The van der Waals surface area contributed by atoms with Gasteiger partial charge < -0.3 is 14.8 Å². The van der Waals surface area contributed by atoms with Crippen molar-refractivity contribution in [2.75, 3.05) is 18.5 Å². The van der Waals surface area contributed by atoms with E-state index in [9.17, 15) is 4.79 Å². The molecule has 0 atom stereocenters. The van der Waals surface area contributed by atoms with Crippen molar-refractivity contribution in [1.29, 1.82) is 0 Å². The largest absolute Gasteiger partial charge is 0.438 e. The Morgan fingerprint density at radius 1 is 1.10 bits per heavy atom. The summed E-state index contributed by atoms with van der Waals surface area (Å²) >= 11 is 0. The fourth-order valence-corrected chi connectivity index (χ4v) is 3.27. The van der Waals surface area contributed by atoms with Crippen molar-refractivity contribution < 1.29 is 14.3 Å². The zero-order valence-corrected chi connectivity index (χ0v) is 16.5. The zero-order valence-electron chi connectivity index (χ0n) is 16.5. The summed E-state index contributed by atoms with van der Waals surface area (Å²) in [5.74, 6) is 1.67. The molecule has 150 valence electrons. The van der Waals surface area contributed by atoms with E-state index in [1.54, 1.807) is 22.9 Å². The number of hydrogen-bond acceptors (Lipinski definition) is 6. The van der Waals surface area contributed by atoms with Crippen LogP contribution in [0.25, 0.3) is 5.82 Å². The van der Waals surface area contributed by atoms with E-state index < -0.39 is 0 Å². The minimum atomic E-state index is 0.00989. The van der Waals surface area contributed by atoms with Gasteiger partial charge in [-0.1, -0.05) is 0 Å². The van der Waals surface area contributed by atoms with E-state index in [0.29, 0.717) is 30.7 Å². The summed E-state index contributed by atoms with van der Waals surface area (Å²) in [4.78, 5) is 12.3. The van der Waals surface area contributed by atoms with Crippen molar-refractivity contribution in [2.24, 2.45) is 5.92 Å². The maximum atomic E-state index is 12.3. The molecule has 1 amide bonds. The quantitative estimate of drug-likeness (QED) is 0.714. The highest BCUT2D eigenvalue weighted by atomic mass is 16.5. The molecule has 0 aliphatic carbocycles. The Labute approximate surface area is 168 Å². The van der Waals surface area contributed by atoms with Gasteiger partial charge in [0.05, 0.1) is 5.69 Å². The number of carbonyl (C=O) groups is 1. The zero-order chi connectivity index (χ0) is 20.2. The number of nitrogens with zero attached hydrogens (tertiary/aromatic N) is 4. The first-order valence-corrected chi connectivity index (χ1v) is 9.62. The topological polar surface area (TPSA) is 91.2 Å². The minimum Gasteiger partial charge on any atom is -0.438 e. The van der Waals surface area contributed by atoms with Crippen molar-refractivity contribution in [3.63, 3.8) is 0 Å². The number of aromatic nitrogens is 4. The van der Waals surface area contributed by atoms with Crippen LogP contribution in [-0.2, 0) is 9.53 Å². The van der Waals surface area contributed by atoms with Crippen LogP contribution in [0, 0.1) is 19.8 Å². The molecule has 1 saturated heterocycles. The lowest BCUT2D eigenvalue weighted by molar-refractivity contribution is -0.122. The van der Waals surface area contributed by atoms with Gasteiger partial charge in [0.15, 0.2) is 5.82 Å². The minimum absolute atomic E-state index is 0.00989. The molecule has 29 heavy (non-hydrogen) atoms. The van der Waals surface area contributed by atoms with E-state index in [1.165, 1.54) is 0 Å². The predicted octanol–water partition coefficient (Wildman–Crippen LogP) is 3.44. The predicted molar refractivity (Wildman–Crippen MR) is 107 cm³/mol. The summed E-state index contributed by atoms with van der Waals surface area (Å²) in [6.45, 7) is 5.19. The van der Waals surface area contributed by atoms with E-state index in [4.69, 9.17) is 9.47 Å². The number of carbonyl (C=O) groups excluding carboxylic acids is 1. The number of anilines is 1. The molecule has 1 aromatic carbocycles. The van der Waals surface area contributed by atoms with E-state index in [1.807, 2.05) is 38.1 Å². The summed E-state index contributed by atoms with van der Waals surface area (Å²) in [6.07, 6.45) is 1.53. The molecule has 0 saturated carbocycles. The lowest BCUT2D eigenvalue weighted by Gasteiger charge is -2.21. The van der Waals surface area contributed by atoms with Gasteiger partial charge in [0.25, 0.3) is 0 Å². The van der Waals surface area contributed by atoms with Crippen molar-refractivity contribution in [3.8, 4) is 17.4 Å². The molecule has 0 spiro atoms. The number of nitrogens with one attached hydrogen (secondary N) is 1. The van der Waals surface area contributed by atoms with Crippen LogP contribution >= 0.6 is 0 Å². The van der Waals surface area contributed by atoms with Gasteiger partial charge >= 0.3 is 0 Å². The molecule has 3 aromatic rings. The molecular weight excluding hydrogens is 370 g/mol. The summed E-state index contributed by atoms with van der Waals surface area (Å²) in [6, 6.07) is 12.7. The Morgan fingerprint density at radius 3 is 2.48 bits per heavy atom. The Morgan fingerprint density at radius 2 is 1.86 bits per heavy atom. The number of amides is 1. The van der Waals surface area contributed by atoms with Gasteiger partial charge in [-0.2, -0.15) is 5.10 Å². The normalized spacial score (nSPS) is 14.6. The number of ether oxygens (including phenoxy) is 2. The lowest BCUT2D eigenvalue weighted by atomic mass is 9.99. The molecular formula is C21H23N5O3.